The van der Waals surface area contributed by atoms with Crippen LogP contribution >= 0.6 is 0 Å². The van der Waals surface area contributed by atoms with Gasteiger partial charge >= 0.3 is 0 Å². The van der Waals surface area contributed by atoms with E-state index in [1.54, 1.807) is 29.2 Å². The predicted octanol–water partition coefficient (Wildman–Crippen LogP) is 3.11. The maximum absolute atomic E-state index is 13.8. The summed E-state index contributed by atoms with van der Waals surface area (Å²) >= 11 is 0. The van der Waals surface area contributed by atoms with Gasteiger partial charge in [0.25, 0.3) is 17.7 Å². The Balaban J connectivity index is 1.32. The molecule has 7 rings (SSSR count). The summed E-state index contributed by atoms with van der Waals surface area (Å²) in [5.41, 5.74) is 2.88. The number of ether oxygens (including phenoxy) is 4. The van der Waals surface area contributed by atoms with E-state index in [-0.39, 0.29) is 49.4 Å². The molecule has 45 heavy (non-hydrogen) atoms. The topological polar surface area (TPSA) is 144 Å². The van der Waals surface area contributed by atoms with E-state index in [4.69, 9.17) is 18.9 Å². The molecule has 3 N–H and O–H groups in total. The maximum Gasteiger partial charge on any atom is 0.274 e. The van der Waals surface area contributed by atoms with Crippen molar-refractivity contribution >= 4 is 17.7 Å². The first-order valence-corrected chi connectivity index (χ1v) is 14.5. The van der Waals surface area contributed by atoms with Crippen LogP contribution in [0.4, 0.5) is 0 Å². The number of rotatable bonds is 4. The molecular formula is C33H33N5O7. The summed E-state index contributed by atoms with van der Waals surface area (Å²) < 4.78 is 23.1. The number of imidazole rings is 1. The number of methoxy groups -OCH3 is 2. The van der Waals surface area contributed by atoms with Crippen LogP contribution in [-0.4, -0.2) is 78.7 Å². The number of aryl methyl sites for hydroxylation is 1. The molecule has 12 heteroatoms. The van der Waals surface area contributed by atoms with E-state index in [1.165, 1.54) is 20.3 Å². The zero-order chi connectivity index (χ0) is 31.5. The van der Waals surface area contributed by atoms with Gasteiger partial charge in [0, 0.05) is 29.9 Å². The summed E-state index contributed by atoms with van der Waals surface area (Å²) in [5, 5.41) is 5.85. The van der Waals surface area contributed by atoms with Crippen molar-refractivity contribution in [3.8, 4) is 34.4 Å². The number of amides is 3. The second-order valence-electron chi connectivity index (χ2n) is 10.8. The number of nitrogens with zero attached hydrogens (tertiary/aromatic N) is 2. The van der Waals surface area contributed by atoms with Crippen LogP contribution in [-0.2, 0) is 11.3 Å². The highest BCUT2D eigenvalue weighted by atomic mass is 16.5. The second-order valence-corrected chi connectivity index (χ2v) is 10.8. The summed E-state index contributed by atoms with van der Waals surface area (Å²) in [6, 6.07) is 19.0. The summed E-state index contributed by atoms with van der Waals surface area (Å²) in [6.45, 7) is 2.14. The number of likely N-dealkylation sites (tertiary alicyclic amines) is 1. The first-order valence-electron chi connectivity index (χ1n) is 14.5. The monoisotopic (exact) mass is 611 g/mol. The second kappa shape index (κ2) is 12.6. The van der Waals surface area contributed by atoms with E-state index in [0.29, 0.717) is 34.5 Å². The highest BCUT2D eigenvalue weighted by molar-refractivity contribution is 5.96. The van der Waals surface area contributed by atoms with Gasteiger partial charge in [-0.3, -0.25) is 14.4 Å². The molecule has 4 bridgehead atoms. The summed E-state index contributed by atoms with van der Waals surface area (Å²) in [4.78, 5) is 49.4. The average Bonchev–Trinajstić information content (AvgIpc) is 3.65. The van der Waals surface area contributed by atoms with Gasteiger partial charge in [0.05, 0.1) is 26.8 Å². The molecule has 0 spiro atoms. The van der Waals surface area contributed by atoms with E-state index < -0.39 is 18.1 Å². The molecule has 3 aliphatic rings. The number of hydrogen-bond acceptors (Lipinski definition) is 8. The Morgan fingerprint density at radius 3 is 2.51 bits per heavy atom. The SMILES string of the molecule is COc1ccc2cc1OCC(=O)NCc1ccc(c(OC)c1)O[C@H]1CN(C(=O)c3nc(-c4ccccc4)[nH]c3C)C[C@@H]1NC2=O. The van der Waals surface area contributed by atoms with Gasteiger partial charge in [-0.25, -0.2) is 4.98 Å². The molecule has 0 unspecified atom stereocenters. The standard InChI is InChI=1S/C33H33N5O7/c1-19-30(37-31(35-19)21-7-5-4-6-8-21)33(41)38-16-23-28(17-38)45-25-11-9-20(13-26(25)43-3)15-34-29(39)18-44-27-14-22(32(40)36-23)10-12-24(27)42-2/h4-14,23,28H,15-18H2,1-3H3,(H,34,39)(H,35,37)(H,36,40)/t23-,28-/m0/s1. The highest BCUT2D eigenvalue weighted by Crippen LogP contribution is 2.32. The quantitative estimate of drug-likeness (QED) is 0.320. The van der Waals surface area contributed by atoms with Crippen LogP contribution < -0.4 is 29.6 Å². The Bertz CT molecular complexity index is 1740. The molecule has 3 aromatic carbocycles. The van der Waals surface area contributed by atoms with Crippen molar-refractivity contribution in [2.75, 3.05) is 33.9 Å². The van der Waals surface area contributed by atoms with Gasteiger partial charge < -0.3 is 39.5 Å². The zero-order valence-corrected chi connectivity index (χ0v) is 25.1. The van der Waals surface area contributed by atoms with E-state index in [9.17, 15) is 14.4 Å². The predicted molar refractivity (Wildman–Crippen MR) is 164 cm³/mol. The van der Waals surface area contributed by atoms with Crippen LogP contribution in [0.1, 0.15) is 32.1 Å². The van der Waals surface area contributed by atoms with Crippen molar-refractivity contribution in [3.63, 3.8) is 0 Å². The number of nitrogens with one attached hydrogen (secondary N) is 3. The first-order chi connectivity index (χ1) is 21.8. The fourth-order valence-electron chi connectivity index (χ4n) is 5.41. The molecule has 1 saturated heterocycles. The smallest absolute Gasteiger partial charge is 0.274 e. The number of hydrogen-bond donors (Lipinski definition) is 3. The minimum Gasteiger partial charge on any atom is -0.493 e. The Labute approximate surface area is 259 Å². The molecule has 232 valence electrons. The van der Waals surface area contributed by atoms with Gasteiger partial charge in [0.15, 0.2) is 29.6 Å². The van der Waals surface area contributed by atoms with Gasteiger partial charge in [0.2, 0.25) is 0 Å². The zero-order valence-electron chi connectivity index (χ0n) is 25.1. The van der Waals surface area contributed by atoms with Crippen molar-refractivity contribution < 1.29 is 33.3 Å². The van der Waals surface area contributed by atoms with Gasteiger partial charge in [-0.15, -0.1) is 0 Å². The third kappa shape index (κ3) is 6.26. The van der Waals surface area contributed by atoms with Gasteiger partial charge in [-0.1, -0.05) is 36.4 Å². The molecule has 4 heterocycles. The number of carbonyl (C=O) groups excluding carboxylic acids is 3. The van der Waals surface area contributed by atoms with Gasteiger partial charge in [-0.2, -0.15) is 0 Å². The molecule has 12 nitrogen and oxygen atoms in total. The van der Waals surface area contributed by atoms with Crippen molar-refractivity contribution in [1.29, 1.82) is 0 Å². The minimum absolute atomic E-state index is 0.181. The van der Waals surface area contributed by atoms with E-state index in [2.05, 4.69) is 20.6 Å². The van der Waals surface area contributed by atoms with Crippen molar-refractivity contribution in [1.82, 2.24) is 25.5 Å². The molecule has 2 atom stereocenters. The lowest BCUT2D eigenvalue weighted by atomic mass is 10.1. The largest absolute Gasteiger partial charge is 0.493 e. The van der Waals surface area contributed by atoms with Crippen LogP contribution in [0.5, 0.6) is 23.0 Å². The lowest BCUT2D eigenvalue weighted by Gasteiger charge is -2.22. The van der Waals surface area contributed by atoms with Crippen molar-refractivity contribution in [3.05, 3.63) is 89.2 Å². The maximum atomic E-state index is 13.8. The Hall–Kier alpha value is -5.52. The molecule has 3 amide bonds. The normalized spacial score (nSPS) is 18.2. The van der Waals surface area contributed by atoms with Gasteiger partial charge in [0.1, 0.15) is 17.6 Å². The fourth-order valence-corrected chi connectivity index (χ4v) is 5.41. The van der Waals surface area contributed by atoms with Crippen LogP contribution in [0.25, 0.3) is 11.4 Å². The van der Waals surface area contributed by atoms with Gasteiger partial charge in [-0.05, 0) is 42.8 Å². The lowest BCUT2D eigenvalue weighted by molar-refractivity contribution is -0.123. The van der Waals surface area contributed by atoms with E-state index in [0.717, 1.165) is 11.1 Å². The molecule has 4 aromatic rings. The third-order valence-corrected chi connectivity index (χ3v) is 7.79. The van der Waals surface area contributed by atoms with E-state index >= 15 is 0 Å². The number of fused-ring (bicyclic) bond motifs is 7. The number of aromatic amines is 1. The number of carbonyl (C=O) groups is 3. The van der Waals surface area contributed by atoms with E-state index in [1.807, 2.05) is 43.3 Å². The Kier molecular flexibility index (Phi) is 8.28. The molecular weight excluding hydrogens is 578 g/mol. The molecule has 0 saturated carbocycles. The Morgan fingerprint density at radius 2 is 1.73 bits per heavy atom. The van der Waals surface area contributed by atoms with Crippen LogP contribution in [0, 0.1) is 6.92 Å². The third-order valence-electron chi connectivity index (χ3n) is 7.79. The minimum atomic E-state index is -0.616. The number of H-pyrrole nitrogens is 1. The summed E-state index contributed by atoms with van der Waals surface area (Å²) in [5.74, 6) is 1.06. The Morgan fingerprint density at radius 1 is 0.933 bits per heavy atom. The number of benzene rings is 3. The molecule has 1 fully saturated rings. The van der Waals surface area contributed by atoms with Crippen molar-refractivity contribution in [2.45, 2.75) is 25.6 Å². The van der Waals surface area contributed by atoms with Crippen LogP contribution in [0.3, 0.4) is 0 Å². The fraction of sp³-hybridized carbons (Fsp3) is 0.273. The number of aromatic nitrogens is 2. The first kappa shape index (κ1) is 29.5. The summed E-state index contributed by atoms with van der Waals surface area (Å²) in [6.07, 6.45) is -0.616. The summed E-state index contributed by atoms with van der Waals surface area (Å²) in [7, 11) is 3.00. The van der Waals surface area contributed by atoms with Crippen LogP contribution in [0.15, 0.2) is 66.7 Å². The molecule has 3 aliphatic heterocycles. The van der Waals surface area contributed by atoms with Crippen LogP contribution in [0.2, 0.25) is 0 Å². The lowest BCUT2D eigenvalue weighted by Crippen LogP contribution is -2.45. The molecule has 0 radical (unpaired) electrons. The van der Waals surface area contributed by atoms with Crippen molar-refractivity contribution in [2.24, 2.45) is 0 Å². The molecule has 0 aliphatic carbocycles. The average molecular weight is 612 g/mol. The highest BCUT2D eigenvalue weighted by Gasteiger charge is 2.40. The molecule has 1 aromatic heterocycles.